The van der Waals surface area contributed by atoms with E-state index in [-0.39, 0.29) is 23.8 Å². The number of methoxy groups -OCH3 is 1. The van der Waals surface area contributed by atoms with Gasteiger partial charge in [-0.2, -0.15) is 4.98 Å². The SMILES string of the molecule is COc1cc(C(=O)NC2CCN(C)CC2)ccc1Nc1ncc2c(n1)N(c1ccccc1)CC(C)C(=O)N2C. The summed E-state index contributed by atoms with van der Waals surface area (Å²) in [5, 5.41) is 6.39. The molecule has 2 aliphatic heterocycles. The number of fused-ring (bicyclic) bond motifs is 1. The summed E-state index contributed by atoms with van der Waals surface area (Å²) in [6.07, 6.45) is 3.54. The molecule has 0 aliphatic carbocycles. The van der Waals surface area contributed by atoms with Crippen molar-refractivity contribution in [3.8, 4) is 5.75 Å². The van der Waals surface area contributed by atoms with Crippen LogP contribution in [0.1, 0.15) is 30.1 Å². The van der Waals surface area contributed by atoms with Crippen LogP contribution < -0.4 is 25.2 Å². The van der Waals surface area contributed by atoms with Crippen LogP contribution in [0.15, 0.2) is 54.7 Å². The summed E-state index contributed by atoms with van der Waals surface area (Å²) in [6.45, 7) is 4.36. The maximum absolute atomic E-state index is 12.9. The van der Waals surface area contributed by atoms with Gasteiger partial charge in [-0.05, 0) is 63.3 Å². The molecule has 1 saturated heterocycles. The van der Waals surface area contributed by atoms with E-state index in [2.05, 4.69) is 27.6 Å². The Hall–Kier alpha value is -4.18. The normalized spacial score (nSPS) is 18.4. The number of aromatic nitrogens is 2. The van der Waals surface area contributed by atoms with Crippen LogP contribution in [0, 0.1) is 5.92 Å². The number of nitrogens with one attached hydrogen (secondary N) is 2. The van der Waals surface area contributed by atoms with Gasteiger partial charge in [-0.25, -0.2) is 4.98 Å². The largest absolute Gasteiger partial charge is 0.495 e. The van der Waals surface area contributed by atoms with Gasteiger partial charge in [0.05, 0.1) is 24.9 Å². The van der Waals surface area contributed by atoms with Gasteiger partial charge >= 0.3 is 0 Å². The van der Waals surface area contributed by atoms with Crippen molar-refractivity contribution in [1.82, 2.24) is 20.2 Å². The first kappa shape index (κ1) is 26.4. The molecule has 0 radical (unpaired) electrons. The molecule has 204 valence electrons. The molecule has 3 heterocycles. The van der Waals surface area contributed by atoms with Gasteiger partial charge in [-0.15, -0.1) is 0 Å². The quantitative estimate of drug-likeness (QED) is 0.497. The van der Waals surface area contributed by atoms with Crippen molar-refractivity contribution in [1.29, 1.82) is 0 Å². The van der Waals surface area contributed by atoms with Crippen LogP contribution in [-0.4, -0.2) is 73.6 Å². The minimum Gasteiger partial charge on any atom is -0.495 e. The van der Waals surface area contributed by atoms with Crippen molar-refractivity contribution in [2.45, 2.75) is 25.8 Å². The molecule has 1 fully saturated rings. The highest BCUT2D eigenvalue weighted by atomic mass is 16.5. The van der Waals surface area contributed by atoms with Crippen molar-refractivity contribution in [2.75, 3.05) is 56.0 Å². The van der Waals surface area contributed by atoms with Gasteiger partial charge in [0.15, 0.2) is 5.82 Å². The van der Waals surface area contributed by atoms with E-state index in [0.717, 1.165) is 31.6 Å². The molecule has 5 rings (SSSR count). The molecule has 10 heteroatoms. The van der Waals surface area contributed by atoms with E-state index < -0.39 is 0 Å². The molecule has 0 spiro atoms. The zero-order valence-corrected chi connectivity index (χ0v) is 22.8. The van der Waals surface area contributed by atoms with Gasteiger partial charge in [-0.3, -0.25) is 9.59 Å². The number of ether oxygens (including phenoxy) is 1. The fourth-order valence-corrected chi connectivity index (χ4v) is 5.06. The minimum atomic E-state index is -0.228. The Kier molecular flexibility index (Phi) is 7.65. The van der Waals surface area contributed by atoms with Crippen LogP contribution in [-0.2, 0) is 4.79 Å². The Bertz CT molecular complexity index is 1340. The van der Waals surface area contributed by atoms with Crippen molar-refractivity contribution in [2.24, 2.45) is 5.92 Å². The third-order valence-corrected chi connectivity index (χ3v) is 7.41. The average Bonchev–Trinajstić information content (AvgIpc) is 3.05. The number of hydrogen-bond acceptors (Lipinski definition) is 8. The highest BCUT2D eigenvalue weighted by molar-refractivity contribution is 5.99. The van der Waals surface area contributed by atoms with Crippen LogP contribution in [0.2, 0.25) is 0 Å². The van der Waals surface area contributed by atoms with Crippen LogP contribution >= 0.6 is 0 Å². The molecule has 0 bridgehead atoms. The Morgan fingerprint density at radius 2 is 1.82 bits per heavy atom. The molecule has 2 N–H and O–H groups in total. The molecular formula is C29H35N7O3. The number of carbonyl (C=O) groups is 2. The second kappa shape index (κ2) is 11.3. The first-order valence-corrected chi connectivity index (χ1v) is 13.3. The maximum atomic E-state index is 12.9. The van der Waals surface area contributed by atoms with Crippen LogP contribution in [0.4, 0.5) is 28.8 Å². The van der Waals surface area contributed by atoms with Crippen molar-refractivity contribution < 1.29 is 14.3 Å². The predicted molar refractivity (Wildman–Crippen MR) is 152 cm³/mol. The summed E-state index contributed by atoms with van der Waals surface area (Å²) in [5.41, 5.74) is 2.73. The molecule has 10 nitrogen and oxygen atoms in total. The zero-order chi connectivity index (χ0) is 27.5. The monoisotopic (exact) mass is 529 g/mol. The number of likely N-dealkylation sites (tertiary alicyclic amines) is 1. The average molecular weight is 530 g/mol. The molecular weight excluding hydrogens is 494 g/mol. The van der Waals surface area contributed by atoms with Crippen LogP contribution in [0.25, 0.3) is 0 Å². The Labute approximate surface area is 229 Å². The Morgan fingerprint density at radius 1 is 1.08 bits per heavy atom. The number of piperidine rings is 1. The fraction of sp³-hybridized carbons (Fsp3) is 0.379. The van der Waals surface area contributed by atoms with Crippen molar-refractivity contribution >= 4 is 40.6 Å². The lowest BCUT2D eigenvalue weighted by Gasteiger charge is -2.29. The summed E-state index contributed by atoms with van der Waals surface area (Å²) in [4.78, 5) is 41.1. The van der Waals surface area contributed by atoms with Crippen LogP contribution in [0.5, 0.6) is 5.75 Å². The molecule has 1 aromatic heterocycles. The number of amides is 2. The van der Waals surface area contributed by atoms with Gasteiger partial charge in [0.2, 0.25) is 11.9 Å². The van der Waals surface area contributed by atoms with E-state index in [1.54, 1.807) is 43.5 Å². The van der Waals surface area contributed by atoms with E-state index >= 15 is 0 Å². The van der Waals surface area contributed by atoms with E-state index in [1.807, 2.05) is 42.2 Å². The van der Waals surface area contributed by atoms with Gasteiger partial charge in [0, 0.05) is 30.9 Å². The number of carbonyl (C=O) groups excluding carboxylic acids is 2. The lowest BCUT2D eigenvalue weighted by atomic mass is 10.0. The number of nitrogens with zero attached hydrogens (tertiary/aromatic N) is 5. The summed E-state index contributed by atoms with van der Waals surface area (Å²) < 4.78 is 5.61. The summed E-state index contributed by atoms with van der Waals surface area (Å²) in [5.74, 6) is 1.16. The summed E-state index contributed by atoms with van der Waals surface area (Å²) >= 11 is 0. The number of anilines is 5. The van der Waals surface area contributed by atoms with Gasteiger partial charge in [-0.1, -0.05) is 25.1 Å². The van der Waals surface area contributed by atoms with E-state index in [4.69, 9.17) is 9.72 Å². The Morgan fingerprint density at radius 3 is 2.54 bits per heavy atom. The summed E-state index contributed by atoms with van der Waals surface area (Å²) in [7, 11) is 5.41. The fourth-order valence-electron chi connectivity index (χ4n) is 5.06. The lowest BCUT2D eigenvalue weighted by molar-refractivity contribution is -0.121. The molecule has 39 heavy (non-hydrogen) atoms. The topological polar surface area (TPSA) is 103 Å². The first-order valence-electron chi connectivity index (χ1n) is 13.3. The van der Waals surface area contributed by atoms with Gasteiger partial charge in [0.1, 0.15) is 11.4 Å². The van der Waals surface area contributed by atoms with Gasteiger partial charge < -0.3 is 30.1 Å². The lowest BCUT2D eigenvalue weighted by Crippen LogP contribution is -2.43. The first-order chi connectivity index (χ1) is 18.8. The second-order valence-electron chi connectivity index (χ2n) is 10.2. The molecule has 2 aromatic carbocycles. The van der Waals surface area contributed by atoms with Crippen molar-refractivity contribution in [3.63, 3.8) is 0 Å². The second-order valence-corrected chi connectivity index (χ2v) is 10.2. The highest BCUT2D eigenvalue weighted by Crippen LogP contribution is 2.37. The van der Waals surface area contributed by atoms with E-state index in [9.17, 15) is 9.59 Å². The van der Waals surface area contributed by atoms with E-state index in [0.29, 0.717) is 41.0 Å². The van der Waals surface area contributed by atoms with E-state index in [1.165, 1.54) is 0 Å². The number of hydrogen-bond donors (Lipinski definition) is 2. The molecule has 3 aromatic rings. The summed E-state index contributed by atoms with van der Waals surface area (Å²) in [6, 6.07) is 15.3. The standard InChI is InChI=1S/C29H35N7O3/c1-19-18-36(22-8-6-5-7-9-22)26-24(35(3)28(19)38)17-30-29(33-26)32-23-11-10-20(16-25(23)39-4)27(37)31-21-12-14-34(2)15-13-21/h5-11,16-17,19,21H,12-15,18H2,1-4H3,(H,31,37)(H,30,32,33). The number of benzene rings is 2. The zero-order valence-electron chi connectivity index (χ0n) is 22.8. The molecule has 0 saturated carbocycles. The Balaban J connectivity index is 1.40. The number of rotatable bonds is 6. The third kappa shape index (κ3) is 5.65. The molecule has 1 atom stereocenters. The maximum Gasteiger partial charge on any atom is 0.251 e. The van der Waals surface area contributed by atoms with Crippen LogP contribution in [0.3, 0.4) is 0 Å². The molecule has 2 aliphatic rings. The minimum absolute atomic E-state index is 0.00905. The predicted octanol–water partition coefficient (Wildman–Crippen LogP) is 3.80. The molecule has 1 unspecified atom stereocenters. The molecule has 2 amide bonds. The highest BCUT2D eigenvalue weighted by Gasteiger charge is 2.31. The van der Waals surface area contributed by atoms with Gasteiger partial charge in [0.25, 0.3) is 5.91 Å². The van der Waals surface area contributed by atoms with Crippen molar-refractivity contribution in [3.05, 3.63) is 60.3 Å². The third-order valence-electron chi connectivity index (χ3n) is 7.41. The number of para-hydroxylation sites is 1. The smallest absolute Gasteiger partial charge is 0.251 e.